The molecule has 108 valence electrons. The zero-order valence-electron chi connectivity index (χ0n) is 11.7. The van der Waals surface area contributed by atoms with Crippen LogP contribution in [0.3, 0.4) is 0 Å². The molecular weight excluding hydrogens is 280 g/mol. The van der Waals surface area contributed by atoms with Gasteiger partial charge in [0.15, 0.2) is 5.75 Å². The van der Waals surface area contributed by atoms with Crippen molar-refractivity contribution in [1.29, 1.82) is 0 Å². The van der Waals surface area contributed by atoms with Crippen LogP contribution in [0.2, 0.25) is 5.28 Å². The molecule has 0 aliphatic carbocycles. The molecule has 7 nitrogen and oxygen atoms in total. The smallest absolute Gasteiger partial charge is 0.328 e. The van der Waals surface area contributed by atoms with Crippen molar-refractivity contribution in [1.82, 2.24) is 24.7 Å². The maximum absolute atomic E-state index is 5.85. The van der Waals surface area contributed by atoms with Crippen LogP contribution in [0.4, 0.5) is 5.95 Å². The second-order valence-electron chi connectivity index (χ2n) is 4.49. The molecule has 0 aliphatic heterocycles. The summed E-state index contributed by atoms with van der Waals surface area (Å²) in [6, 6.07) is 0.406. The van der Waals surface area contributed by atoms with Crippen LogP contribution < -0.4 is 10.1 Å². The molecular formula is C12H17ClN6O. The summed E-state index contributed by atoms with van der Waals surface area (Å²) in [5.41, 5.74) is 0. The van der Waals surface area contributed by atoms with Gasteiger partial charge in [-0.25, -0.2) is 0 Å². The first kappa shape index (κ1) is 14.5. The van der Waals surface area contributed by atoms with Gasteiger partial charge in [-0.15, -0.1) is 0 Å². The van der Waals surface area contributed by atoms with Crippen molar-refractivity contribution in [3.63, 3.8) is 0 Å². The number of nitrogens with zero attached hydrogens (tertiary/aromatic N) is 5. The van der Waals surface area contributed by atoms with Gasteiger partial charge in [-0.3, -0.25) is 4.68 Å². The molecule has 0 aromatic carbocycles. The van der Waals surface area contributed by atoms with E-state index in [2.05, 4.69) is 25.4 Å². The van der Waals surface area contributed by atoms with E-state index in [0.717, 1.165) is 13.0 Å². The molecule has 2 aromatic heterocycles. The number of rotatable bonds is 6. The summed E-state index contributed by atoms with van der Waals surface area (Å²) >= 11 is 5.85. The van der Waals surface area contributed by atoms with Crippen molar-refractivity contribution in [2.24, 2.45) is 0 Å². The number of anilines is 1. The van der Waals surface area contributed by atoms with E-state index in [1.807, 2.05) is 20.8 Å². The van der Waals surface area contributed by atoms with Gasteiger partial charge in [-0.2, -0.15) is 20.1 Å². The van der Waals surface area contributed by atoms with Crippen LogP contribution in [0.25, 0.3) is 0 Å². The molecule has 0 spiro atoms. The molecule has 1 N–H and O–H groups in total. The Balaban J connectivity index is 2.13. The van der Waals surface area contributed by atoms with Crippen LogP contribution in [0, 0.1) is 0 Å². The van der Waals surface area contributed by atoms with Gasteiger partial charge in [0.25, 0.3) is 0 Å². The highest BCUT2D eigenvalue weighted by atomic mass is 35.5. The van der Waals surface area contributed by atoms with E-state index in [1.165, 1.54) is 0 Å². The normalized spacial score (nSPS) is 10.8. The van der Waals surface area contributed by atoms with Crippen molar-refractivity contribution in [2.45, 2.75) is 33.2 Å². The van der Waals surface area contributed by atoms with Crippen LogP contribution in [0.15, 0.2) is 12.4 Å². The maximum Gasteiger partial charge on any atom is 0.328 e. The van der Waals surface area contributed by atoms with Crippen LogP contribution in [-0.2, 0) is 0 Å². The van der Waals surface area contributed by atoms with E-state index in [4.69, 9.17) is 16.3 Å². The average Bonchev–Trinajstić information content (AvgIpc) is 2.84. The molecule has 8 heteroatoms. The van der Waals surface area contributed by atoms with Crippen molar-refractivity contribution in [3.05, 3.63) is 17.7 Å². The maximum atomic E-state index is 5.85. The lowest BCUT2D eigenvalue weighted by Gasteiger charge is -2.06. The second-order valence-corrected chi connectivity index (χ2v) is 4.83. The Bertz CT molecular complexity index is 571. The summed E-state index contributed by atoms with van der Waals surface area (Å²) in [4.78, 5) is 12.1. The number of ether oxygens (including phenoxy) is 1. The van der Waals surface area contributed by atoms with Crippen molar-refractivity contribution >= 4 is 17.5 Å². The molecule has 0 amide bonds. The van der Waals surface area contributed by atoms with Crippen molar-refractivity contribution < 1.29 is 4.74 Å². The Morgan fingerprint density at radius 2 is 2.15 bits per heavy atom. The molecule has 2 aromatic rings. The first-order valence-corrected chi connectivity index (χ1v) is 6.83. The molecule has 20 heavy (non-hydrogen) atoms. The molecule has 0 bridgehead atoms. The molecule has 2 rings (SSSR count). The molecule has 0 fully saturated rings. The fourth-order valence-electron chi connectivity index (χ4n) is 1.45. The van der Waals surface area contributed by atoms with E-state index < -0.39 is 0 Å². The van der Waals surface area contributed by atoms with Gasteiger partial charge in [0.05, 0.1) is 12.4 Å². The van der Waals surface area contributed by atoms with Crippen molar-refractivity contribution in [3.8, 4) is 11.8 Å². The third-order valence-corrected chi connectivity index (χ3v) is 2.61. The number of hydrogen-bond acceptors (Lipinski definition) is 6. The summed E-state index contributed by atoms with van der Waals surface area (Å²) in [5.74, 6) is 0.959. The third kappa shape index (κ3) is 3.80. The van der Waals surface area contributed by atoms with Gasteiger partial charge < -0.3 is 10.1 Å². The topological polar surface area (TPSA) is 77.8 Å². The quantitative estimate of drug-likeness (QED) is 0.883. The van der Waals surface area contributed by atoms with Gasteiger partial charge in [0, 0.05) is 12.6 Å². The van der Waals surface area contributed by atoms with Gasteiger partial charge in [-0.05, 0) is 31.9 Å². The van der Waals surface area contributed by atoms with Gasteiger partial charge in [-0.1, -0.05) is 6.92 Å². The third-order valence-electron chi connectivity index (χ3n) is 2.44. The average molecular weight is 297 g/mol. The van der Waals surface area contributed by atoms with E-state index in [0.29, 0.717) is 11.7 Å². The lowest BCUT2D eigenvalue weighted by molar-refractivity contribution is 0.437. The predicted octanol–water partition coefficient (Wildman–Crippen LogP) is 2.92. The Morgan fingerprint density at radius 1 is 1.35 bits per heavy atom. The second kappa shape index (κ2) is 6.51. The molecule has 0 aliphatic rings. The Labute approximate surface area is 122 Å². The molecule has 0 radical (unpaired) electrons. The minimum atomic E-state index is 0.0878. The summed E-state index contributed by atoms with van der Waals surface area (Å²) in [7, 11) is 0. The van der Waals surface area contributed by atoms with Crippen LogP contribution in [0.5, 0.6) is 11.8 Å². The first-order valence-electron chi connectivity index (χ1n) is 6.46. The summed E-state index contributed by atoms with van der Waals surface area (Å²) in [6.45, 7) is 6.87. The molecule has 2 heterocycles. The number of aromatic nitrogens is 5. The first-order chi connectivity index (χ1) is 9.58. The van der Waals surface area contributed by atoms with E-state index >= 15 is 0 Å². The highest BCUT2D eigenvalue weighted by molar-refractivity contribution is 6.28. The lowest BCUT2D eigenvalue weighted by Crippen LogP contribution is -2.06. The summed E-state index contributed by atoms with van der Waals surface area (Å²) < 4.78 is 7.33. The lowest BCUT2D eigenvalue weighted by atomic mass is 10.4. The number of halogens is 1. The fourth-order valence-corrected chi connectivity index (χ4v) is 1.61. The van der Waals surface area contributed by atoms with Crippen LogP contribution in [0.1, 0.15) is 33.2 Å². The summed E-state index contributed by atoms with van der Waals surface area (Å²) in [6.07, 6.45) is 4.35. The number of nitrogens with one attached hydrogen (secondary N) is 1. The van der Waals surface area contributed by atoms with Crippen LogP contribution >= 0.6 is 11.6 Å². The molecule has 0 unspecified atom stereocenters. The fraction of sp³-hybridized carbons (Fsp3) is 0.500. The zero-order valence-corrected chi connectivity index (χ0v) is 12.4. The standard InChI is InChI=1S/C12H17ClN6O/c1-4-5-14-11-16-10(13)17-12(18-11)20-9-6-15-19(7-9)8(2)3/h6-8H,4-5H2,1-3H3,(H,14,16,17,18). The Morgan fingerprint density at radius 3 is 2.80 bits per heavy atom. The molecule has 0 saturated carbocycles. The highest BCUT2D eigenvalue weighted by Crippen LogP contribution is 2.20. The predicted molar refractivity (Wildman–Crippen MR) is 76.3 cm³/mol. The minimum absolute atomic E-state index is 0.0878. The molecule has 0 saturated heterocycles. The minimum Gasteiger partial charge on any atom is -0.421 e. The van der Waals surface area contributed by atoms with Gasteiger partial charge in [0.1, 0.15) is 0 Å². The van der Waals surface area contributed by atoms with E-state index in [-0.39, 0.29) is 17.3 Å². The van der Waals surface area contributed by atoms with Crippen molar-refractivity contribution in [2.75, 3.05) is 11.9 Å². The number of hydrogen-bond donors (Lipinski definition) is 1. The zero-order chi connectivity index (χ0) is 14.5. The van der Waals surface area contributed by atoms with Crippen LogP contribution in [-0.4, -0.2) is 31.3 Å². The highest BCUT2D eigenvalue weighted by Gasteiger charge is 2.09. The monoisotopic (exact) mass is 296 g/mol. The van der Waals surface area contributed by atoms with E-state index in [1.54, 1.807) is 17.1 Å². The summed E-state index contributed by atoms with van der Waals surface area (Å²) in [5, 5.41) is 7.30. The van der Waals surface area contributed by atoms with Gasteiger partial charge in [0.2, 0.25) is 11.2 Å². The van der Waals surface area contributed by atoms with E-state index in [9.17, 15) is 0 Å². The Hall–Kier alpha value is -1.89. The Kier molecular flexibility index (Phi) is 4.73. The van der Waals surface area contributed by atoms with Gasteiger partial charge >= 0.3 is 6.01 Å². The molecule has 0 atom stereocenters. The SMILES string of the molecule is CCCNc1nc(Cl)nc(Oc2cnn(C(C)C)c2)n1. The largest absolute Gasteiger partial charge is 0.421 e.